The fraction of sp³-hybridized carbons (Fsp3) is 0.150. The molecule has 4 rings (SSSR count). The van der Waals surface area contributed by atoms with Gasteiger partial charge in [0.2, 0.25) is 0 Å². The van der Waals surface area contributed by atoms with Gasteiger partial charge in [0.15, 0.2) is 0 Å². The fourth-order valence-electron chi connectivity index (χ4n) is 3.12. The maximum atomic E-state index is 6.02. The van der Waals surface area contributed by atoms with E-state index < -0.39 is 0 Å². The minimum absolute atomic E-state index is 0.158. The van der Waals surface area contributed by atoms with Crippen molar-refractivity contribution in [2.24, 2.45) is 5.10 Å². The Bertz CT molecular complexity index is 890. The third-order valence-electron chi connectivity index (χ3n) is 4.33. The molecule has 2 heterocycles. The van der Waals surface area contributed by atoms with Crippen LogP contribution in [0.5, 0.6) is 5.75 Å². The summed E-state index contributed by atoms with van der Waals surface area (Å²) in [6.07, 6.45) is 0. The molecular weight excluding hydrogens is 352 g/mol. The molecule has 1 atom stereocenters. The van der Waals surface area contributed by atoms with Crippen LogP contribution >= 0.6 is 22.9 Å². The average Bonchev–Trinajstić information content (AvgIpc) is 3.32. The number of ether oxygens (including phenoxy) is 1. The fourth-order valence-corrected chi connectivity index (χ4v) is 4.01. The van der Waals surface area contributed by atoms with E-state index in [2.05, 4.69) is 29.6 Å². The van der Waals surface area contributed by atoms with Crippen LogP contribution in [0.3, 0.4) is 0 Å². The second-order valence-electron chi connectivity index (χ2n) is 5.82. The van der Waals surface area contributed by atoms with Gasteiger partial charge in [-0.25, -0.2) is 0 Å². The van der Waals surface area contributed by atoms with Crippen LogP contribution < -0.4 is 9.75 Å². The van der Waals surface area contributed by atoms with Crippen molar-refractivity contribution < 1.29 is 4.74 Å². The Balaban J connectivity index is 1.76. The Morgan fingerprint density at radius 1 is 1.08 bits per heavy atom. The number of anilines is 1. The first kappa shape index (κ1) is 16.2. The number of methoxy groups -OCH3 is 1. The molecule has 0 saturated carbocycles. The molecule has 3 aromatic rings. The van der Waals surface area contributed by atoms with Crippen LogP contribution in [-0.4, -0.2) is 19.4 Å². The van der Waals surface area contributed by atoms with Gasteiger partial charge >= 0.3 is 0 Å². The largest absolute Gasteiger partial charge is 0.496 e. The predicted molar refractivity (Wildman–Crippen MR) is 105 cm³/mol. The lowest BCUT2D eigenvalue weighted by Gasteiger charge is -2.18. The second kappa shape index (κ2) is 6.90. The summed E-state index contributed by atoms with van der Waals surface area (Å²) in [6.45, 7) is 0.773. The Labute approximate surface area is 156 Å². The first-order valence-electron chi connectivity index (χ1n) is 8.04. The number of thiophene rings is 1. The highest BCUT2D eigenvalue weighted by Gasteiger charge is 2.32. The summed E-state index contributed by atoms with van der Waals surface area (Å²) in [5.41, 5.74) is 3.28. The Hall–Kier alpha value is -2.30. The minimum atomic E-state index is 0.158. The van der Waals surface area contributed by atoms with E-state index in [1.165, 1.54) is 4.88 Å². The Morgan fingerprint density at radius 3 is 2.60 bits per heavy atom. The van der Waals surface area contributed by atoms with Crippen molar-refractivity contribution in [3.63, 3.8) is 0 Å². The number of halogens is 1. The third-order valence-corrected chi connectivity index (χ3v) is 5.47. The number of hydrogen-bond acceptors (Lipinski definition) is 4. The molecule has 1 aliphatic rings. The third kappa shape index (κ3) is 3.15. The number of benzene rings is 2. The molecule has 0 saturated heterocycles. The first-order chi connectivity index (χ1) is 12.3. The number of para-hydroxylation sites is 1. The smallest absolute Gasteiger partial charge is 0.122 e. The zero-order chi connectivity index (χ0) is 17.2. The second-order valence-corrected chi connectivity index (χ2v) is 7.20. The lowest BCUT2D eigenvalue weighted by Crippen LogP contribution is -2.18. The molecule has 0 fully saturated rings. The van der Waals surface area contributed by atoms with Crippen LogP contribution in [0.25, 0.3) is 0 Å². The number of hydrazone groups is 1. The highest BCUT2D eigenvalue weighted by molar-refractivity contribution is 7.12. The molecule has 3 nitrogen and oxygen atoms in total. The first-order valence-corrected chi connectivity index (χ1v) is 9.30. The summed E-state index contributed by atoms with van der Waals surface area (Å²) in [4.78, 5) is 1.19. The minimum Gasteiger partial charge on any atom is -0.496 e. The van der Waals surface area contributed by atoms with E-state index in [1.54, 1.807) is 18.4 Å². The molecule has 0 aliphatic carbocycles. The summed E-state index contributed by atoms with van der Waals surface area (Å²) < 4.78 is 5.59. The van der Waals surface area contributed by atoms with Gasteiger partial charge in [0.05, 0.1) is 35.8 Å². The highest BCUT2D eigenvalue weighted by atomic mass is 35.5. The molecule has 2 aromatic carbocycles. The van der Waals surface area contributed by atoms with E-state index in [0.717, 1.165) is 34.3 Å². The van der Waals surface area contributed by atoms with Crippen molar-refractivity contribution >= 4 is 34.3 Å². The molecule has 0 bridgehead atoms. The van der Waals surface area contributed by atoms with E-state index in [1.807, 2.05) is 41.4 Å². The van der Waals surface area contributed by atoms with Crippen LogP contribution in [0.1, 0.15) is 16.4 Å². The van der Waals surface area contributed by atoms with Gasteiger partial charge in [0.1, 0.15) is 5.75 Å². The van der Waals surface area contributed by atoms with Gasteiger partial charge in [-0.1, -0.05) is 35.9 Å². The van der Waals surface area contributed by atoms with Crippen molar-refractivity contribution in [3.05, 3.63) is 81.5 Å². The highest BCUT2D eigenvalue weighted by Crippen LogP contribution is 2.37. The molecule has 0 spiro atoms. The van der Waals surface area contributed by atoms with Crippen LogP contribution in [0, 0.1) is 0 Å². The van der Waals surface area contributed by atoms with Crippen molar-refractivity contribution in [2.75, 3.05) is 18.7 Å². The summed E-state index contributed by atoms with van der Waals surface area (Å²) in [7, 11) is 1.71. The molecule has 25 heavy (non-hydrogen) atoms. The SMILES string of the molecule is COc1ccccc1[C@@H]1CN(c2ccc(Cl)cc2)N=C1c1cccs1. The van der Waals surface area contributed by atoms with Crippen molar-refractivity contribution in [3.8, 4) is 5.75 Å². The Kier molecular flexibility index (Phi) is 4.47. The van der Waals surface area contributed by atoms with Gasteiger partial charge < -0.3 is 4.74 Å². The van der Waals surface area contributed by atoms with Gasteiger partial charge in [0.25, 0.3) is 0 Å². The molecule has 0 radical (unpaired) electrons. The van der Waals surface area contributed by atoms with Crippen LogP contribution in [0.2, 0.25) is 5.02 Å². The van der Waals surface area contributed by atoms with Crippen LogP contribution in [-0.2, 0) is 0 Å². The normalized spacial score (nSPS) is 16.8. The van der Waals surface area contributed by atoms with E-state index in [9.17, 15) is 0 Å². The lowest BCUT2D eigenvalue weighted by molar-refractivity contribution is 0.409. The zero-order valence-corrected chi connectivity index (χ0v) is 15.3. The standard InChI is InChI=1S/C20H17ClN2OS/c1-24-18-6-3-2-5-16(18)17-13-23(15-10-8-14(21)9-11-15)22-20(17)19-7-4-12-25-19/h2-12,17H,13H2,1H3/t17-/m0/s1. The summed E-state index contributed by atoms with van der Waals surface area (Å²) in [6, 6.07) is 20.2. The summed E-state index contributed by atoms with van der Waals surface area (Å²) in [5.74, 6) is 1.06. The van der Waals surface area contributed by atoms with E-state index in [-0.39, 0.29) is 5.92 Å². The van der Waals surface area contributed by atoms with E-state index >= 15 is 0 Å². The summed E-state index contributed by atoms with van der Waals surface area (Å²) >= 11 is 7.74. The molecule has 0 N–H and O–H groups in total. The maximum Gasteiger partial charge on any atom is 0.122 e. The summed E-state index contributed by atoms with van der Waals surface area (Å²) in [5, 5.41) is 9.78. The average molecular weight is 369 g/mol. The van der Waals surface area contributed by atoms with Crippen molar-refractivity contribution in [2.45, 2.75) is 5.92 Å². The quantitative estimate of drug-likeness (QED) is 0.614. The van der Waals surface area contributed by atoms with Gasteiger partial charge in [-0.3, -0.25) is 5.01 Å². The topological polar surface area (TPSA) is 24.8 Å². The Morgan fingerprint density at radius 2 is 1.88 bits per heavy atom. The van der Waals surface area contributed by atoms with Crippen LogP contribution in [0.4, 0.5) is 5.69 Å². The van der Waals surface area contributed by atoms with Crippen LogP contribution in [0.15, 0.2) is 71.1 Å². The van der Waals surface area contributed by atoms with Crippen molar-refractivity contribution in [1.82, 2.24) is 0 Å². The molecular formula is C20H17ClN2OS. The molecule has 5 heteroatoms. The van der Waals surface area contributed by atoms with Gasteiger partial charge in [0, 0.05) is 10.6 Å². The van der Waals surface area contributed by atoms with E-state index in [0.29, 0.717) is 0 Å². The zero-order valence-electron chi connectivity index (χ0n) is 13.7. The van der Waals surface area contributed by atoms with Gasteiger partial charge in [-0.2, -0.15) is 5.10 Å². The number of hydrogen-bond donors (Lipinski definition) is 0. The van der Waals surface area contributed by atoms with Gasteiger partial charge in [-0.15, -0.1) is 11.3 Å². The molecule has 0 amide bonds. The number of nitrogens with zero attached hydrogens (tertiary/aromatic N) is 2. The molecule has 1 aromatic heterocycles. The van der Waals surface area contributed by atoms with Gasteiger partial charge in [-0.05, 0) is 41.8 Å². The predicted octanol–water partition coefficient (Wildman–Crippen LogP) is 5.42. The lowest BCUT2D eigenvalue weighted by atomic mass is 9.93. The molecule has 1 aliphatic heterocycles. The van der Waals surface area contributed by atoms with E-state index in [4.69, 9.17) is 21.4 Å². The van der Waals surface area contributed by atoms with Crippen molar-refractivity contribution in [1.29, 1.82) is 0 Å². The molecule has 126 valence electrons. The number of rotatable bonds is 4. The molecule has 0 unspecified atom stereocenters. The maximum absolute atomic E-state index is 6.02. The monoisotopic (exact) mass is 368 g/mol.